The highest BCUT2D eigenvalue weighted by molar-refractivity contribution is 7.47. The van der Waals surface area contributed by atoms with Gasteiger partial charge in [-0.3, -0.25) is 18.6 Å². The lowest BCUT2D eigenvalue weighted by atomic mass is 10.1. The van der Waals surface area contributed by atoms with Crippen molar-refractivity contribution in [1.29, 1.82) is 0 Å². The van der Waals surface area contributed by atoms with Gasteiger partial charge in [0, 0.05) is 19.4 Å². The normalized spacial score (nSPS) is 13.5. The molecule has 0 aliphatic rings. The van der Waals surface area contributed by atoms with Crippen molar-refractivity contribution in [3.8, 4) is 0 Å². The smallest absolute Gasteiger partial charge is 0.462 e. The second-order valence-electron chi connectivity index (χ2n) is 16.3. The highest BCUT2D eigenvalue weighted by Gasteiger charge is 2.26. The Bertz CT molecular complexity index is 1060. The van der Waals surface area contributed by atoms with Gasteiger partial charge in [-0.2, -0.15) is 0 Å². The zero-order valence-corrected chi connectivity index (χ0v) is 39.1. The summed E-state index contributed by atoms with van der Waals surface area (Å²) in [6.45, 7) is 3.72. The molecule has 346 valence electrons. The maximum absolute atomic E-state index is 12.6. The van der Waals surface area contributed by atoms with E-state index in [1.54, 1.807) is 0 Å². The summed E-state index contributed by atoms with van der Waals surface area (Å²) in [5.41, 5.74) is 5.36. The molecule has 0 saturated heterocycles. The van der Waals surface area contributed by atoms with Gasteiger partial charge in [0.1, 0.15) is 6.61 Å². The topological polar surface area (TPSA) is 134 Å². The van der Waals surface area contributed by atoms with Gasteiger partial charge in [0.2, 0.25) is 0 Å². The van der Waals surface area contributed by atoms with Crippen molar-refractivity contribution in [2.45, 2.75) is 238 Å². The summed E-state index contributed by atoms with van der Waals surface area (Å²) >= 11 is 0. The third-order valence-corrected chi connectivity index (χ3v) is 11.5. The maximum atomic E-state index is 12.6. The molecule has 59 heavy (non-hydrogen) atoms. The highest BCUT2D eigenvalue weighted by atomic mass is 31.2. The summed E-state index contributed by atoms with van der Waals surface area (Å²) in [5.74, 6) is -0.829. The third-order valence-electron chi connectivity index (χ3n) is 10.5. The fourth-order valence-corrected chi connectivity index (χ4v) is 7.60. The van der Waals surface area contributed by atoms with Crippen LogP contribution >= 0.6 is 7.82 Å². The molecular weight excluding hydrogens is 762 g/mol. The maximum Gasteiger partial charge on any atom is 0.472 e. The van der Waals surface area contributed by atoms with E-state index in [-0.39, 0.29) is 38.6 Å². The van der Waals surface area contributed by atoms with E-state index in [0.29, 0.717) is 6.42 Å². The van der Waals surface area contributed by atoms with E-state index < -0.39 is 26.5 Å². The van der Waals surface area contributed by atoms with Crippen molar-refractivity contribution >= 4 is 19.8 Å². The zero-order valence-electron chi connectivity index (χ0n) is 38.2. The molecule has 0 rings (SSSR count). The number of esters is 2. The first-order chi connectivity index (χ1) is 28.8. The fraction of sp³-hybridized carbons (Fsp3) is 0.837. The molecule has 0 heterocycles. The van der Waals surface area contributed by atoms with E-state index in [4.69, 9.17) is 24.3 Å². The molecule has 0 radical (unpaired) electrons. The minimum atomic E-state index is -4.38. The van der Waals surface area contributed by atoms with Gasteiger partial charge in [-0.05, 0) is 70.6 Å². The van der Waals surface area contributed by atoms with Crippen LogP contribution in [0.25, 0.3) is 0 Å². The van der Waals surface area contributed by atoms with Gasteiger partial charge in [0.05, 0.1) is 13.2 Å². The number of rotatable bonds is 46. The predicted molar refractivity (Wildman–Crippen MR) is 247 cm³/mol. The van der Waals surface area contributed by atoms with Crippen LogP contribution in [-0.4, -0.2) is 49.3 Å². The lowest BCUT2D eigenvalue weighted by Crippen LogP contribution is -2.29. The Morgan fingerprint density at radius 1 is 0.508 bits per heavy atom. The van der Waals surface area contributed by atoms with Gasteiger partial charge >= 0.3 is 19.8 Å². The Hall–Kier alpha value is -1.77. The van der Waals surface area contributed by atoms with Gasteiger partial charge in [0.25, 0.3) is 0 Å². The monoisotopic (exact) mass is 854 g/mol. The van der Waals surface area contributed by atoms with Gasteiger partial charge in [-0.15, -0.1) is 0 Å². The highest BCUT2D eigenvalue weighted by Crippen LogP contribution is 2.43. The Morgan fingerprint density at radius 3 is 1.34 bits per heavy atom. The van der Waals surface area contributed by atoms with Gasteiger partial charge in [-0.25, -0.2) is 4.57 Å². The van der Waals surface area contributed by atoms with Crippen molar-refractivity contribution in [3.63, 3.8) is 0 Å². The zero-order chi connectivity index (χ0) is 43.2. The van der Waals surface area contributed by atoms with E-state index >= 15 is 0 Å². The van der Waals surface area contributed by atoms with E-state index in [1.165, 1.54) is 148 Å². The van der Waals surface area contributed by atoms with Crippen molar-refractivity contribution in [2.24, 2.45) is 5.73 Å². The molecule has 0 aliphatic heterocycles. The average molecular weight is 854 g/mol. The summed E-state index contributed by atoms with van der Waals surface area (Å²) in [6.07, 6.45) is 51.7. The molecule has 0 spiro atoms. The van der Waals surface area contributed by atoms with Gasteiger partial charge in [-0.1, -0.05) is 185 Å². The molecule has 3 N–H and O–H groups in total. The van der Waals surface area contributed by atoms with Crippen LogP contribution in [0.4, 0.5) is 0 Å². The summed E-state index contributed by atoms with van der Waals surface area (Å²) in [5, 5.41) is 0. The van der Waals surface area contributed by atoms with Crippen LogP contribution in [0.5, 0.6) is 0 Å². The lowest BCUT2D eigenvalue weighted by molar-refractivity contribution is -0.161. The molecular formula is C49H92NO8P. The number of allylic oxidation sites excluding steroid dienone is 6. The number of carbonyl (C=O) groups is 2. The molecule has 0 saturated carbocycles. The van der Waals surface area contributed by atoms with Crippen molar-refractivity contribution in [1.82, 2.24) is 0 Å². The van der Waals surface area contributed by atoms with Crippen LogP contribution in [0.3, 0.4) is 0 Å². The molecule has 0 amide bonds. The Labute approximate surface area is 363 Å². The van der Waals surface area contributed by atoms with Crippen LogP contribution in [0, 0.1) is 0 Å². The van der Waals surface area contributed by atoms with E-state index in [2.05, 4.69) is 50.3 Å². The second kappa shape index (κ2) is 45.7. The van der Waals surface area contributed by atoms with Crippen LogP contribution in [-0.2, 0) is 32.7 Å². The molecule has 0 aliphatic carbocycles. The molecule has 0 aromatic rings. The molecule has 0 fully saturated rings. The number of nitrogens with two attached hydrogens (primary N) is 1. The largest absolute Gasteiger partial charge is 0.472 e. The van der Waals surface area contributed by atoms with Gasteiger partial charge in [0.15, 0.2) is 6.10 Å². The minimum absolute atomic E-state index is 0.0526. The standard InChI is InChI=1S/C49H92NO8P/c1-3-5-7-9-11-13-15-17-19-21-23-25-27-29-31-33-35-37-39-41-48(51)55-45-47(46-57-59(53,54)56-44-43-50)58-49(52)42-40-38-36-34-32-30-28-26-24-22-20-18-16-14-12-10-8-6-4-2/h12,14,17-20,47H,3-11,13,15-16,21-46,50H2,1-2H3,(H,53,54)/t47-/m1/s1. The van der Waals surface area contributed by atoms with Gasteiger partial charge < -0.3 is 20.1 Å². The van der Waals surface area contributed by atoms with Crippen molar-refractivity contribution in [2.75, 3.05) is 26.4 Å². The van der Waals surface area contributed by atoms with Crippen LogP contribution in [0.2, 0.25) is 0 Å². The molecule has 0 aromatic heterocycles. The van der Waals surface area contributed by atoms with E-state index in [1.807, 2.05) is 0 Å². The quantitative estimate of drug-likeness (QED) is 0.0265. The molecule has 0 bridgehead atoms. The summed E-state index contributed by atoms with van der Waals surface area (Å²) in [4.78, 5) is 35.0. The Balaban J connectivity index is 4.07. The van der Waals surface area contributed by atoms with Crippen LogP contribution in [0.1, 0.15) is 232 Å². The van der Waals surface area contributed by atoms with Crippen molar-refractivity contribution in [3.05, 3.63) is 36.5 Å². The number of phosphoric acid groups is 1. The Morgan fingerprint density at radius 2 is 0.881 bits per heavy atom. The first-order valence-electron chi connectivity index (χ1n) is 24.5. The Kier molecular flexibility index (Phi) is 44.4. The number of hydrogen-bond donors (Lipinski definition) is 2. The number of unbranched alkanes of at least 4 members (excludes halogenated alkanes) is 27. The molecule has 9 nitrogen and oxygen atoms in total. The molecule has 0 aromatic carbocycles. The number of phosphoric ester groups is 1. The number of hydrogen-bond acceptors (Lipinski definition) is 8. The number of ether oxygens (including phenoxy) is 2. The summed E-state index contributed by atoms with van der Waals surface area (Å²) < 4.78 is 32.9. The van der Waals surface area contributed by atoms with E-state index in [0.717, 1.165) is 51.4 Å². The summed E-state index contributed by atoms with van der Waals surface area (Å²) in [6, 6.07) is 0. The predicted octanol–water partition coefficient (Wildman–Crippen LogP) is 14.5. The molecule has 1 unspecified atom stereocenters. The number of carbonyl (C=O) groups excluding carboxylic acids is 2. The molecule has 10 heteroatoms. The SMILES string of the molecule is CCCCCC=CCC=CCCCCCCCCCCCC(=O)O[C@H](COC(=O)CCCCCCCCCCCC=CCCCCCCCC)COP(=O)(O)OCCN. The van der Waals surface area contributed by atoms with Crippen LogP contribution in [0.15, 0.2) is 36.5 Å². The summed E-state index contributed by atoms with van der Waals surface area (Å²) in [7, 11) is -4.38. The second-order valence-corrected chi connectivity index (χ2v) is 17.8. The fourth-order valence-electron chi connectivity index (χ4n) is 6.84. The van der Waals surface area contributed by atoms with E-state index in [9.17, 15) is 19.0 Å². The lowest BCUT2D eigenvalue weighted by Gasteiger charge is -2.19. The third kappa shape index (κ3) is 45.6. The van der Waals surface area contributed by atoms with Crippen molar-refractivity contribution < 1.29 is 37.6 Å². The van der Waals surface area contributed by atoms with Crippen LogP contribution < -0.4 is 5.73 Å². The first kappa shape index (κ1) is 57.2. The first-order valence-corrected chi connectivity index (χ1v) is 26.0. The molecule has 2 atom stereocenters. The average Bonchev–Trinajstić information content (AvgIpc) is 3.22. The minimum Gasteiger partial charge on any atom is -0.462 e.